The van der Waals surface area contributed by atoms with Crippen LogP contribution in [0.25, 0.3) is 0 Å². The van der Waals surface area contributed by atoms with Crippen molar-refractivity contribution in [3.63, 3.8) is 0 Å². The maximum absolute atomic E-state index is 11.8. The molecule has 16 nitrogen and oxygen atoms in total. The van der Waals surface area contributed by atoms with Gasteiger partial charge in [0.25, 0.3) is 0 Å². The fourth-order valence-electron chi connectivity index (χ4n) is 5.76. The largest absolute Gasteiger partial charge is 0.550 e. The van der Waals surface area contributed by atoms with Gasteiger partial charge in [0.1, 0.15) is 35.0 Å². The second-order valence-corrected chi connectivity index (χ2v) is 16.7. The molecule has 0 aromatic carbocycles. The van der Waals surface area contributed by atoms with Crippen molar-refractivity contribution in [2.75, 3.05) is 13.1 Å². The molecule has 0 bridgehead atoms. The van der Waals surface area contributed by atoms with Gasteiger partial charge in [0.15, 0.2) is 0 Å². The molecule has 0 spiro atoms. The molecule has 2 aliphatic rings. The molecule has 0 heterocycles. The lowest BCUT2D eigenvalue weighted by Crippen LogP contribution is -2.40. The van der Waals surface area contributed by atoms with Crippen LogP contribution in [0.3, 0.4) is 0 Å². The normalized spacial score (nSPS) is 22.1. The van der Waals surface area contributed by atoms with Crippen LogP contribution in [0.1, 0.15) is 133 Å². The van der Waals surface area contributed by atoms with E-state index in [4.69, 9.17) is 31.2 Å². The second kappa shape index (κ2) is 20.3. The highest BCUT2D eigenvalue weighted by Crippen LogP contribution is 2.39. The Hall–Kier alpha value is -3.98. The van der Waals surface area contributed by atoms with Crippen molar-refractivity contribution in [3.8, 4) is 0 Å². The van der Waals surface area contributed by atoms with Crippen LogP contribution in [-0.4, -0.2) is 82.5 Å². The molecule has 2 rings (SSSR count). The van der Waals surface area contributed by atoms with E-state index in [1.165, 1.54) is 0 Å². The molecule has 0 aromatic rings. The van der Waals surface area contributed by atoms with E-state index in [0.29, 0.717) is 11.8 Å². The van der Waals surface area contributed by atoms with Gasteiger partial charge >= 0.3 is 24.2 Å². The minimum Gasteiger partial charge on any atom is -0.481 e. The number of aliphatic carboxylic acids is 2. The van der Waals surface area contributed by atoms with Gasteiger partial charge in [-0.05, 0) is 102 Å². The summed E-state index contributed by atoms with van der Waals surface area (Å²) in [6, 6.07) is 0. The average Bonchev–Trinajstić information content (AvgIpc) is 3.02. The third kappa shape index (κ3) is 18.0. The number of aliphatic imine (C=N–C) groups is 2. The Kier molecular flexibility index (Phi) is 18.0. The minimum absolute atomic E-state index is 0.0578. The van der Waals surface area contributed by atoms with Crippen molar-refractivity contribution < 1.29 is 48.6 Å². The number of azo groups is 1. The summed E-state index contributed by atoms with van der Waals surface area (Å²) >= 11 is 0. The van der Waals surface area contributed by atoms with Crippen LogP contribution in [0.5, 0.6) is 0 Å². The van der Waals surface area contributed by atoms with Gasteiger partial charge in [-0.15, -0.1) is 0 Å². The molecule has 0 radical (unpaired) electrons. The molecule has 0 amide bonds. The van der Waals surface area contributed by atoms with Crippen molar-refractivity contribution in [2.45, 2.75) is 157 Å². The third-order valence-electron chi connectivity index (χ3n) is 9.52. The molecular formula is C36H64N6O10. The van der Waals surface area contributed by atoms with Gasteiger partial charge in [-0.1, -0.05) is 41.5 Å². The van der Waals surface area contributed by atoms with Crippen molar-refractivity contribution in [1.82, 2.24) is 0 Å². The van der Waals surface area contributed by atoms with E-state index in [1.54, 1.807) is 27.7 Å². The van der Waals surface area contributed by atoms with E-state index in [2.05, 4.69) is 71.5 Å². The highest BCUT2D eigenvalue weighted by Gasteiger charge is 2.33. The lowest BCUT2D eigenvalue weighted by molar-refractivity contribution is -0.227. The lowest BCUT2D eigenvalue weighted by Gasteiger charge is -2.36. The number of carbonyl (C=O) groups is 4. The Labute approximate surface area is 308 Å². The molecule has 2 aliphatic carbocycles. The first kappa shape index (κ1) is 46.0. The SMILES string of the molecule is CC(C)(C)C1CCC(OC(=O)OOC(=O)OC2CCC(C(C)(C)C)CC2)CC1.CC(C)(N=NC(C)(C)C(N)=NCCC(=O)O)C(N)=NCCC(=O)O. The Balaban J connectivity index is 0.000000528. The molecule has 6 N–H and O–H groups in total. The molecule has 2 fully saturated rings. The van der Waals surface area contributed by atoms with Crippen LogP contribution >= 0.6 is 0 Å². The predicted octanol–water partition coefficient (Wildman–Crippen LogP) is 7.08. The first-order valence-electron chi connectivity index (χ1n) is 18.1. The number of rotatable bonds is 12. The summed E-state index contributed by atoms with van der Waals surface area (Å²) in [5.41, 5.74) is 10.3. The fourth-order valence-corrected chi connectivity index (χ4v) is 5.76. The van der Waals surface area contributed by atoms with Gasteiger partial charge in [-0.2, -0.15) is 29.6 Å². The molecule has 16 heteroatoms. The van der Waals surface area contributed by atoms with Crippen LogP contribution in [-0.2, 0) is 28.8 Å². The summed E-state index contributed by atoms with van der Waals surface area (Å²) < 4.78 is 10.5. The van der Waals surface area contributed by atoms with E-state index in [-0.39, 0.29) is 60.6 Å². The number of carboxylic acid groups (broad SMARTS) is 2. The van der Waals surface area contributed by atoms with Crippen molar-refractivity contribution >= 4 is 35.9 Å². The van der Waals surface area contributed by atoms with E-state index in [1.807, 2.05) is 0 Å². The monoisotopic (exact) mass is 740 g/mol. The molecule has 52 heavy (non-hydrogen) atoms. The number of nitrogens with two attached hydrogens (primary N) is 2. The molecule has 0 saturated heterocycles. The number of carboxylic acids is 2. The van der Waals surface area contributed by atoms with Crippen LogP contribution < -0.4 is 11.5 Å². The lowest BCUT2D eigenvalue weighted by atomic mass is 9.72. The van der Waals surface area contributed by atoms with E-state index >= 15 is 0 Å². The van der Waals surface area contributed by atoms with Gasteiger partial charge < -0.3 is 31.2 Å². The zero-order chi connectivity index (χ0) is 39.9. The molecule has 0 aliphatic heterocycles. The second-order valence-electron chi connectivity index (χ2n) is 16.7. The quantitative estimate of drug-likeness (QED) is 0.0391. The summed E-state index contributed by atoms with van der Waals surface area (Å²) in [5.74, 6) is -0.352. The number of carbonyl (C=O) groups excluding carboxylic acids is 2. The Morgan fingerprint density at radius 2 is 0.846 bits per heavy atom. The number of hydrogen-bond acceptors (Lipinski definition) is 12. The Morgan fingerprint density at radius 3 is 1.10 bits per heavy atom. The highest BCUT2D eigenvalue weighted by molar-refractivity contribution is 5.90. The van der Waals surface area contributed by atoms with Crippen LogP contribution in [0, 0.1) is 22.7 Å². The van der Waals surface area contributed by atoms with Crippen molar-refractivity contribution in [1.29, 1.82) is 0 Å². The summed E-state index contributed by atoms with van der Waals surface area (Å²) in [7, 11) is 0. The molecular weight excluding hydrogens is 676 g/mol. The summed E-state index contributed by atoms with van der Waals surface area (Å²) in [5, 5.41) is 25.4. The minimum atomic E-state index is -0.979. The smallest absolute Gasteiger partial charge is 0.481 e. The summed E-state index contributed by atoms with van der Waals surface area (Å²) in [4.78, 5) is 61.4. The zero-order valence-corrected chi connectivity index (χ0v) is 32.9. The molecule has 298 valence electrons. The van der Waals surface area contributed by atoms with Crippen molar-refractivity contribution in [2.24, 2.45) is 54.3 Å². The maximum Gasteiger partial charge on any atom is 0.550 e. The number of hydrogen-bond donors (Lipinski definition) is 4. The molecule has 0 unspecified atom stereocenters. The van der Waals surface area contributed by atoms with Gasteiger partial charge in [0, 0.05) is 0 Å². The van der Waals surface area contributed by atoms with E-state index in [0.717, 1.165) is 51.4 Å². The van der Waals surface area contributed by atoms with Crippen LogP contribution in [0.15, 0.2) is 20.2 Å². The Bertz CT molecular complexity index is 1170. The molecule has 0 atom stereocenters. The van der Waals surface area contributed by atoms with Crippen LogP contribution in [0.4, 0.5) is 9.59 Å². The first-order valence-corrected chi connectivity index (χ1v) is 18.1. The zero-order valence-electron chi connectivity index (χ0n) is 32.9. The van der Waals surface area contributed by atoms with E-state index in [9.17, 15) is 19.2 Å². The average molecular weight is 741 g/mol. The predicted molar refractivity (Wildman–Crippen MR) is 196 cm³/mol. The summed E-state index contributed by atoms with van der Waals surface area (Å²) in [6.45, 7) is 20.3. The fraction of sp³-hybridized carbons (Fsp3) is 0.833. The Morgan fingerprint density at radius 1 is 0.558 bits per heavy atom. The van der Waals surface area contributed by atoms with Gasteiger partial charge in [0.05, 0.1) is 25.9 Å². The number of nitrogens with zero attached hydrogens (tertiary/aromatic N) is 4. The maximum atomic E-state index is 11.8. The third-order valence-corrected chi connectivity index (χ3v) is 9.52. The summed E-state index contributed by atoms with van der Waals surface area (Å²) in [6.07, 6.45) is 4.71. The van der Waals surface area contributed by atoms with Gasteiger partial charge in [-0.3, -0.25) is 19.6 Å². The molecule has 2 saturated carbocycles. The first-order chi connectivity index (χ1) is 23.8. The standard InChI is InChI=1S/C22H38O6.C14H26N6O4/c1-21(2,3)15-7-11-17(12-8-15)25-19(23)27-28-20(24)26-18-13-9-16(10-14-18)22(4,5)6;1-13(2,11(15)17-7-5-9(21)22)19-20-14(3,4)12(16)18-8-6-10(23)24/h15-18H,7-14H2,1-6H3;5-8H2,1-4H3,(H2,15,17)(H2,16,18)(H,21,22)(H,23,24). The van der Waals surface area contributed by atoms with Gasteiger partial charge in [0.2, 0.25) is 0 Å². The van der Waals surface area contributed by atoms with E-state index < -0.39 is 35.3 Å². The topological polar surface area (TPSA) is 247 Å². The highest BCUT2D eigenvalue weighted by atomic mass is 17.3. The number of amidine groups is 2. The van der Waals surface area contributed by atoms with Crippen molar-refractivity contribution in [3.05, 3.63) is 0 Å². The van der Waals surface area contributed by atoms with Crippen LogP contribution in [0.2, 0.25) is 0 Å². The molecule has 0 aromatic heterocycles. The van der Waals surface area contributed by atoms with Gasteiger partial charge in [-0.25, -0.2) is 0 Å². The number of ether oxygens (including phenoxy) is 2.